The van der Waals surface area contributed by atoms with Crippen molar-refractivity contribution in [2.75, 3.05) is 0 Å². The monoisotopic (exact) mass is 423 g/mol. The van der Waals surface area contributed by atoms with E-state index in [2.05, 4.69) is 23.2 Å². The van der Waals surface area contributed by atoms with E-state index in [0.717, 1.165) is 22.5 Å². The van der Waals surface area contributed by atoms with Gasteiger partial charge in [0.25, 0.3) is 0 Å². The van der Waals surface area contributed by atoms with E-state index in [1.165, 1.54) is 0 Å². The molecule has 0 amide bonds. The first-order chi connectivity index (χ1) is 8.93. The number of pyridine rings is 1. The first-order valence-corrected chi connectivity index (χ1v) is 5.93. The fourth-order valence-electron chi connectivity index (χ4n) is 1.91. The van der Waals surface area contributed by atoms with Crippen LogP contribution in [0.25, 0.3) is 22.5 Å². The van der Waals surface area contributed by atoms with Crippen molar-refractivity contribution in [1.29, 1.82) is 0 Å². The van der Waals surface area contributed by atoms with Crippen LogP contribution in [0.15, 0.2) is 72.8 Å². The number of nitrogens with zero attached hydrogens (tertiary/aromatic N) is 1. The van der Waals surface area contributed by atoms with Crippen LogP contribution < -0.4 is 0 Å². The van der Waals surface area contributed by atoms with Crippen LogP contribution in [0.2, 0.25) is 0 Å². The van der Waals surface area contributed by atoms with Gasteiger partial charge in [-0.15, -0.1) is 35.9 Å². The van der Waals surface area contributed by atoms with Gasteiger partial charge in [-0.2, -0.15) is 0 Å². The molecule has 0 aliphatic rings. The summed E-state index contributed by atoms with van der Waals surface area (Å²) in [5, 5.41) is 0. The van der Waals surface area contributed by atoms with Gasteiger partial charge in [-0.25, -0.2) is 0 Å². The SMILES string of the molecule is [Ir].[c-]1ccccc1-c1cccc(-c2ccccc2)n1. The Kier molecular flexibility index (Phi) is 4.62. The third-order valence-electron chi connectivity index (χ3n) is 2.80. The third kappa shape index (κ3) is 3.17. The van der Waals surface area contributed by atoms with Gasteiger partial charge in [0, 0.05) is 20.1 Å². The molecule has 19 heavy (non-hydrogen) atoms. The molecule has 0 spiro atoms. The normalized spacial score (nSPS) is 9.68. The molecule has 3 rings (SSSR count). The second-order valence-electron chi connectivity index (χ2n) is 4.05. The minimum atomic E-state index is 0. The summed E-state index contributed by atoms with van der Waals surface area (Å²) in [5.41, 5.74) is 4.10. The molecule has 0 atom stereocenters. The van der Waals surface area contributed by atoms with E-state index in [9.17, 15) is 0 Å². The molecule has 2 heteroatoms. The zero-order chi connectivity index (χ0) is 12.2. The van der Waals surface area contributed by atoms with Crippen molar-refractivity contribution in [3.8, 4) is 22.5 Å². The van der Waals surface area contributed by atoms with E-state index in [4.69, 9.17) is 0 Å². The molecule has 3 aromatic rings. The molecule has 2 aromatic carbocycles. The smallest absolute Gasteiger partial charge is 0.0595 e. The maximum absolute atomic E-state index is 4.68. The maximum Gasteiger partial charge on any atom is 0.0595 e. The first-order valence-electron chi connectivity index (χ1n) is 5.93. The van der Waals surface area contributed by atoms with E-state index in [1.54, 1.807) is 0 Å². The molecule has 1 radical (unpaired) electrons. The van der Waals surface area contributed by atoms with Gasteiger partial charge in [0.2, 0.25) is 0 Å². The fraction of sp³-hybridized carbons (Fsp3) is 0. The van der Waals surface area contributed by atoms with Crippen LogP contribution in [0.4, 0.5) is 0 Å². The average Bonchev–Trinajstić information content (AvgIpc) is 2.49. The second-order valence-corrected chi connectivity index (χ2v) is 4.05. The van der Waals surface area contributed by atoms with Crippen LogP contribution in [0, 0.1) is 6.07 Å². The maximum atomic E-state index is 4.68. The molecule has 0 aliphatic carbocycles. The van der Waals surface area contributed by atoms with Crippen molar-refractivity contribution < 1.29 is 20.1 Å². The molecular formula is C17H12IrN-. The summed E-state index contributed by atoms with van der Waals surface area (Å²) in [6, 6.07) is 27.4. The molecule has 0 fully saturated rings. The minimum absolute atomic E-state index is 0. The van der Waals surface area contributed by atoms with Gasteiger partial charge in [-0.1, -0.05) is 42.5 Å². The van der Waals surface area contributed by atoms with Crippen LogP contribution in [0.1, 0.15) is 0 Å². The van der Waals surface area contributed by atoms with Crippen molar-refractivity contribution in [2.45, 2.75) is 0 Å². The molecule has 0 saturated carbocycles. The summed E-state index contributed by atoms with van der Waals surface area (Å²) >= 11 is 0. The summed E-state index contributed by atoms with van der Waals surface area (Å²) < 4.78 is 0. The zero-order valence-corrected chi connectivity index (χ0v) is 12.6. The Morgan fingerprint density at radius 2 is 1.42 bits per heavy atom. The predicted molar refractivity (Wildman–Crippen MR) is 73.9 cm³/mol. The fourth-order valence-corrected chi connectivity index (χ4v) is 1.91. The van der Waals surface area contributed by atoms with Gasteiger partial charge in [0.1, 0.15) is 0 Å². The largest absolute Gasteiger partial charge is 0.296 e. The Morgan fingerprint density at radius 1 is 0.684 bits per heavy atom. The number of aromatic nitrogens is 1. The quantitative estimate of drug-likeness (QED) is 0.564. The number of hydrogen-bond donors (Lipinski definition) is 0. The van der Waals surface area contributed by atoms with Crippen LogP contribution in [-0.4, -0.2) is 4.98 Å². The molecule has 0 unspecified atom stereocenters. The van der Waals surface area contributed by atoms with Crippen molar-refractivity contribution in [1.82, 2.24) is 4.98 Å². The summed E-state index contributed by atoms with van der Waals surface area (Å²) in [6.07, 6.45) is 0. The molecule has 95 valence electrons. The Bertz CT molecular complexity index is 581. The third-order valence-corrected chi connectivity index (χ3v) is 2.80. The topological polar surface area (TPSA) is 12.9 Å². The van der Waals surface area contributed by atoms with Crippen molar-refractivity contribution >= 4 is 0 Å². The molecule has 0 N–H and O–H groups in total. The van der Waals surface area contributed by atoms with Crippen molar-refractivity contribution in [3.05, 3.63) is 78.9 Å². The van der Waals surface area contributed by atoms with Gasteiger partial charge >= 0.3 is 0 Å². The summed E-state index contributed by atoms with van der Waals surface area (Å²) in [6.45, 7) is 0. The van der Waals surface area contributed by atoms with Crippen molar-refractivity contribution in [2.24, 2.45) is 0 Å². The minimum Gasteiger partial charge on any atom is -0.296 e. The summed E-state index contributed by atoms with van der Waals surface area (Å²) in [7, 11) is 0. The number of benzene rings is 2. The summed E-state index contributed by atoms with van der Waals surface area (Å²) in [5.74, 6) is 0. The van der Waals surface area contributed by atoms with E-state index in [1.807, 2.05) is 60.7 Å². The zero-order valence-electron chi connectivity index (χ0n) is 10.2. The van der Waals surface area contributed by atoms with E-state index < -0.39 is 0 Å². The molecular weight excluding hydrogens is 410 g/mol. The van der Waals surface area contributed by atoms with Crippen LogP contribution >= 0.6 is 0 Å². The molecule has 1 heterocycles. The number of rotatable bonds is 2. The molecule has 1 aromatic heterocycles. The Balaban J connectivity index is 0.00000133. The number of hydrogen-bond acceptors (Lipinski definition) is 1. The molecule has 0 bridgehead atoms. The van der Waals surface area contributed by atoms with Gasteiger partial charge < -0.3 is 0 Å². The van der Waals surface area contributed by atoms with E-state index >= 15 is 0 Å². The Labute approximate surface area is 126 Å². The summed E-state index contributed by atoms with van der Waals surface area (Å²) in [4.78, 5) is 4.68. The molecule has 1 nitrogen and oxygen atoms in total. The van der Waals surface area contributed by atoms with Crippen LogP contribution in [0.3, 0.4) is 0 Å². The van der Waals surface area contributed by atoms with Gasteiger partial charge in [0.15, 0.2) is 0 Å². The van der Waals surface area contributed by atoms with E-state index in [0.29, 0.717) is 0 Å². The van der Waals surface area contributed by atoms with E-state index in [-0.39, 0.29) is 20.1 Å². The standard InChI is InChI=1S/C17H12N.Ir/c1-3-8-14(9-4-1)16-12-7-13-17(18-16)15-10-5-2-6-11-15;/h1-10,12-13H;/q-1;. The molecule has 0 saturated heterocycles. The first kappa shape index (κ1) is 13.7. The second kappa shape index (κ2) is 6.42. The Morgan fingerprint density at radius 3 is 2.16 bits per heavy atom. The van der Waals surface area contributed by atoms with Gasteiger partial charge in [-0.3, -0.25) is 4.98 Å². The van der Waals surface area contributed by atoms with Crippen LogP contribution in [-0.2, 0) is 20.1 Å². The predicted octanol–water partition coefficient (Wildman–Crippen LogP) is 4.21. The Hall–Kier alpha value is -1.76. The van der Waals surface area contributed by atoms with Crippen LogP contribution in [0.5, 0.6) is 0 Å². The average molecular weight is 423 g/mol. The van der Waals surface area contributed by atoms with Gasteiger partial charge in [0.05, 0.1) is 5.69 Å². The molecule has 0 aliphatic heterocycles. The van der Waals surface area contributed by atoms with Gasteiger partial charge in [-0.05, 0) is 17.3 Å². The van der Waals surface area contributed by atoms with Crippen molar-refractivity contribution in [3.63, 3.8) is 0 Å².